The Labute approximate surface area is 302 Å². The van der Waals surface area contributed by atoms with Gasteiger partial charge in [-0.05, 0) is 77.8 Å². The third-order valence-electron chi connectivity index (χ3n) is 10.9. The summed E-state index contributed by atoms with van der Waals surface area (Å²) in [4.78, 5) is 2.57. The van der Waals surface area contributed by atoms with Gasteiger partial charge in [0.15, 0.2) is 0 Å². The lowest BCUT2D eigenvalue weighted by Gasteiger charge is -2.39. The van der Waals surface area contributed by atoms with Crippen molar-refractivity contribution in [3.63, 3.8) is 0 Å². The van der Waals surface area contributed by atoms with Crippen molar-refractivity contribution in [1.82, 2.24) is 9.13 Å². The highest BCUT2D eigenvalue weighted by Crippen LogP contribution is 2.46. The molecule has 52 heavy (non-hydrogen) atoms. The van der Waals surface area contributed by atoms with Crippen LogP contribution in [0.2, 0.25) is 0 Å². The standard InChI is InChI=1S/C48H32BN3/c1-5-17-33(18-6-1)49-43-29-40-37-25-13-15-27-44(37)50(34-19-7-2-8-20-34)46(40)30-39(43)42-31-47-41(32-48(42)52(49)36-23-11-4-12-24-36)38-26-14-16-28-45(38)51(47)35-21-9-3-10-22-35/h1-32H. The summed E-state index contributed by atoms with van der Waals surface area (Å²) in [6.45, 7) is -0.0470. The van der Waals surface area contributed by atoms with Crippen LogP contribution >= 0.6 is 0 Å². The van der Waals surface area contributed by atoms with Crippen LogP contribution in [0.25, 0.3) is 66.1 Å². The molecule has 0 saturated heterocycles. The lowest BCUT2D eigenvalue weighted by molar-refractivity contribution is 1.18. The molecule has 0 bridgehead atoms. The Morgan fingerprint density at radius 2 is 0.769 bits per heavy atom. The van der Waals surface area contributed by atoms with Crippen LogP contribution in [0.1, 0.15) is 0 Å². The number of benzene rings is 8. The molecular formula is C48H32BN3. The van der Waals surface area contributed by atoms with Gasteiger partial charge in [-0.25, -0.2) is 0 Å². The molecule has 0 aliphatic carbocycles. The molecule has 242 valence electrons. The molecule has 1 aliphatic rings. The lowest BCUT2D eigenvalue weighted by Crippen LogP contribution is -2.57. The highest BCUT2D eigenvalue weighted by atomic mass is 15.1. The van der Waals surface area contributed by atoms with Gasteiger partial charge in [0, 0.05) is 49.9 Å². The topological polar surface area (TPSA) is 13.1 Å². The Kier molecular flexibility index (Phi) is 6.35. The minimum Gasteiger partial charge on any atom is -0.376 e. The van der Waals surface area contributed by atoms with Crippen molar-refractivity contribution < 1.29 is 0 Å². The van der Waals surface area contributed by atoms with E-state index in [-0.39, 0.29) is 6.85 Å². The van der Waals surface area contributed by atoms with Crippen molar-refractivity contribution in [3.8, 4) is 22.5 Å². The molecule has 1 aliphatic heterocycles. The Morgan fingerprint density at radius 3 is 1.33 bits per heavy atom. The number of nitrogens with zero attached hydrogens (tertiary/aromatic N) is 3. The average Bonchev–Trinajstić information content (AvgIpc) is 3.72. The normalized spacial score (nSPS) is 12.5. The number of hydrogen-bond acceptors (Lipinski definition) is 1. The molecule has 2 aromatic heterocycles. The molecule has 8 aromatic carbocycles. The van der Waals surface area contributed by atoms with Crippen molar-refractivity contribution in [3.05, 3.63) is 194 Å². The molecule has 0 radical (unpaired) electrons. The largest absolute Gasteiger partial charge is 0.376 e. The second kappa shape index (κ2) is 11.4. The molecule has 0 unspecified atom stereocenters. The summed E-state index contributed by atoms with van der Waals surface area (Å²) >= 11 is 0. The number of rotatable bonds is 4. The smallest absolute Gasteiger partial charge is 0.328 e. The summed E-state index contributed by atoms with van der Waals surface area (Å²) < 4.78 is 4.87. The quantitative estimate of drug-likeness (QED) is 0.171. The Morgan fingerprint density at radius 1 is 0.327 bits per heavy atom. The van der Waals surface area contributed by atoms with Crippen molar-refractivity contribution in [2.75, 3.05) is 4.81 Å². The van der Waals surface area contributed by atoms with Crippen LogP contribution in [0.4, 0.5) is 11.4 Å². The van der Waals surface area contributed by atoms with Crippen LogP contribution in [-0.4, -0.2) is 16.0 Å². The van der Waals surface area contributed by atoms with E-state index < -0.39 is 0 Å². The van der Waals surface area contributed by atoms with Gasteiger partial charge in [0.25, 0.3) is 0 Å². The monoisotopic (exact) mass is 661 g/mol. The van der Waals surface area contributed by atoms with Gasteiger partial charge in [-0.15, -0.1) is 0 Å². The minimum absolute atomic E-state index is 0.0470. The van der Waals surface area contributed by atoms with E-state index in [1.54, 1.807) is 0 Å². The van der Waals surface area contributed by atoms with E-state index >= 15 is 0 Å². The van der Waals surface area contributed by atoms with E-state index in [4.69, 9.17) is 0 Å². The van der Waals surface area contributed by atoms with Crippen LogP contribution in [0.5, 0.6) is 0 Å². The summed E-state index contributed by atoms with van der Waals surface area (Å²) in [5.74, 6) is 0. The number of aromatic nitrogens is 2. The average molecular weight is 662 g/mol. The van der Waals surface area contributed by atoms with Crippen LogP contribution in [0, 0.1) is 0 Å². The van der Waals surface area contributed by atoms with E-state index in [0.29, 0.717) is 0 Å². The van der Waals surface area contributed by atoms with Gasteiger partial charge in [0.1, 0.15) is 0 Å². The summed E-state index contributed by atoms with van der Waals surface area (Å²) in [6, 6.07) is 71.0. The first kappa shape index (κ1) is 29.0. The zero-order valence-corrected chi connectivity index (χ0v) is 28.4. The second-order valence-corrected chi connectivity index (χ2v) is 13.7. The maximum absolute atomic E-state index is 2.57. The minimum atomic E-state index is -0.0470. The van der Waals surface area contributed by atoms with Gasteiger partial charge in [-0.1, -0.05) is 133 Å². The van der Waals surface area contributed by atoms with Crippen LogP contribution in [0.15, 0.2) is 194 Å². The summed E-state index contributed by atoms with van der Waals surface area (Å²) in [5, 5.41) is 5.01. The first-order valence-corrected chi connectivity index (χ1v) is 18.0. The number of hydrogen-bond donors (Lipinski definition) is 0. The Hall–Kier alpha value is -6.78. The van der Waals surface area contributed by atoms with Gasteiger partial charge in [0.2, 0.25) is 0 Å². The van der Waals surface area contributed by atoms with E-state index in [1.807, 2.05) is 0 Å². The molecule has 0 amide bonds. The molecule has 0 atom stereocenters. The molecule has 11 rings (SSSR count). The Balaban J connectivity index is 1.32. The molecule has 3 nitrogen and oxygen atoms in total. The van der Waals surface area contributed by atoms with E-state index in [2.05, 4.69) is 208 Å². The summed E-state index contributed by atoms with van der Waals surface area (Å²) in [5.41, 5.74) is 14.6. The van der Waals surface area contributed by atoms with Crippen LogP contribution in [-0.2, 0) is 0 Å². The van der Waals surface area contributed by atoms with Gasteiger partial charge in [-0.2, -0.15) is 0 Å². The van der Waals surface area contributed by atoms with Gasteiger partial charge in [0.05, 0.1) is 22.1 Å². The first-order valence-electron chi connectivity index (χ1n) is 18.0. The maximum Gasteiger partial charge on any atom is 0.328 e. The Bertz CT molecular complexity index is 2740. The maximum atomic E-state index is 2.57. The fraction of sp³-hybridized carbons (Fsp3) is 0. The van der Waals surface area contributed by atoms with Crippen molar-refractivity contribution >= 4 is 72.8 Å². The van der Waals surface area contributed by atoms with Gasteiger partial charge < -0.3 is 13.9 Å². The van der Waals surface area contributed by atoms with Crippen molar-refractivity contribution in [2.24, 2.45) is 0 Å². The fourth-order valence-corrected chi connectivity index (χ4v) is 8.74. The highest BCUT2D eigenvalue weighted by molar-refractivity contribution is 6.91. The molecule has 3 heterocycles. The van der Waals surface area contributed by atoms with E-state index in [1.165, 1.54) is 77.0 Å². The molecule has 0 saturated carbocycles. The second-order valence-electron chi connectivity index (χ2n) is 13.7. The first-order chi connectivity index (χ1) is 25.8. The number of fused-ring (bicyclic) bond motifs is 9. The fourth-order valence-electron chi connectivity index (χ4n) is 8.74. The third kappa shape index (κ3) is 4.21. The SMILES string of the molecule is c1ccc(B2c3cc4c5ccccc5n(-c5ccccc5)c4cc3-c3cc4c(cc3N2c2ccccc2)c2ccccc2n4-c2ccccc2)cc1. The molecule has 10 aromatic rings. The molecule has 4 heteroatoms. The van der Waals surface area contributed by atoms with Gasteiger partial charge >= 0.3 is 6.85 Å². The zero-order chi connectivity index (χ0) is 34.2. The van der Waals surface area contributed by atoms with Crippen molar-refractivity contribution in [2.45, 2.75) is 0 Å². The lowest BCUT2D eigenvalue weighted by atomic mass is 9.45. The van der Waals surface area contributed by atoms with Crippen molar-refractivity contribution in [1.29, 1.82) is 0 Å². The van der Waals surface area contributed by atoms with E-state index in [9.17, 15) is 0 Å². The van der Waals surface area contributed by atoms with Gasteiger partial charge in [-0.3, -0.25) is 0 Å². The predicted molar refractivity (Wildman–Crippen MR) is 221 cm³/mol. The highest BCUT2D eigenvalue weighted by Gasteiger charge is 2.38. The molecule has 0 spiro atoms. The number of para-hydroxylation sites is 5. The molecule has 0 fully saturated rings. The van der Waals surface area contributed by atoms with Crippen LogP contribution < -0.4 is 15.7 Å². The zero-order valence-electron chi connectivity index (χ0n) is 28.4. The third-order valence-corrected chi connectivity index (χ3v) is 10.9. The van der Waals surface area contributed by atoms with E-state index in [0.717, 1.165) is 11.4 Å². The predicted octanol–water partition coefficient (Wildman–Crippen LogP) is 10.8. The molecular weight excluding hydrogens is 629 g/mol. The molecule has 0 N–H and O–H groups in total. The summed E-state index contributed by atoms with van der Waals surface area (Å²) in [7, 11) is 0. The number of anilines is 2. The van der Waals surface area contributed by atoms with Crippen LogP contribution in [0.3, 0.4) is 0 Å². The summed E-state index contributed by atoms with van der Waals surface area (Å²) in [6.07, 6.45) is 0.